The first-order valence-electron chi connectivity index (χ1n) is 9.45. The van der Waals surface area contributed by atoms with Crippen LogP contribution in [0, 0.1) is 13.8 Å². The number of nitrogens with one attached hydrogen (secondary N) is 1. The Kier molecular flexibility index (Phi) is 5.77. The molecule has 0 aliphatic carbocycles. The minimum absolute atomic E-state index is 0.00965. The van der Waals surface area contributed by atoms with Gasteiger partial charge in [0.2, 0.25) is 17.6 Å². The van der Waals surface area contributed by atoms with Crippen LogP contribution in [0.1, 0.15) is 24.5 Å². The van der Waals surface area contributed by atoms with Crippen LogP contribution in [0.5, 0.6) is 0 Å². The van der Waals surface area contributed by atoms with E-state index in [1.165, 1.54) is 16.5 Å². The van der Waals surface area contributed by atoms with Crippen molar-refractivity contribution in [1.82, 2.24) is 9.55 Å². The van der Waals surface area contributed by atoms with Crippen LogP contribution in [0.4, 0.5) is 11.5 Å². The fraction of sp³-hybridized carbons (Fsp3) is 0.273. The summed E-state index contributed by atoms with van der Waals surface area (Å²) in [5.41, 5.74) is 3.22. The van der Waals surface area contributed by atoms with Crippen molar-refractivity contribution in [3.8, 4) is 0 Å². The lowest BCUT2D eigenvalue weighted by molar-refractivity contribution is -0.118. The largest absolute Gasteiger partial charge is 0.324 e. The third-order valence-electron chi connectivity index (χ3n) is 4.88. The third-order valence-corrected chi connectivity index (χ3v) is 4.88. The maximum atomic E-state index is 13.1. The summed E-state index contributed by atoms with van der Waals surface area (Å²) >= 11 is 0. The molecule has 3 aromatic rings. The Morgan fingerprint density at radius 1 is 1.07 bits per heavy atom. The lowest BCUT2D eigenvalue weighted by Crippen LogP contribution is -2.36. The Morgan fingerprint density at radius 3 is 2.38 bits per heavy atom. The molecule has 1 heterocycles. The second-order valence-electron chi connectivity index (χ2n) is 6.94. The summed E-state index contributed by atoms with van der Waals surface area (Å²) < 4.78 is 1.36. The maximum absolute atomic E-state index is 13.1. The molecule has 0 aliphatic rings. The molecule has 0 fully saturated rings. The minimum Gasteiger partial charge on any atom is -0.324 e. The quantitative estimate of drug-likeness (QED) is 0.723. The average Bonchev–Trinajstić information content (AvgIpc) is 2.71. The number of hydrogen-bond acceptors (Lipinski definition) is 4. The predicted molar refractivity (Wildman–Crippen MR) is 114 cm³/mol. The SMILES string of the molecule is CCC(=O)N(C)c1nc2ccccc2n(CC(=O)Nc2c(C)cccc2C)c1=O. The number of carbonyl (C=O) groups is 2. The number of nitrogens with zero attached hydrogens (tertiary/aromatic N) is 3. The lowest BCUT2D eigenvalue weighted by Gasteiger charge is -2.18. The number of rotatable bonds is 5. The molecule has 3 rings (SSSR count). The number of hydrogen-bond donors (Lipinski definition) is 1. The summed E-state index contributed by atoms with van der Waals surface area (Å²) in [6, 6.07) is 12.8. The first-order valence-corrected chi connectivity index (χ1v) is 9.45. The summed E-state index contributed by atoms with van der Waals surface area (Å²) in [6.07, 6.45) is 0.248. The molecule has 0 saturated heterocycles. The number of fused-ring (bicyclic) bond motifs is 1. The molecule has 0 bridgehead atoms. The molecule has 0 unspecified atom stereocenters. The van der Waals surface area contributed by atoms with Gasteiger partial charge >= 0.3 is 0 Å². The van der Waals surface area contributed by atoms with Crippen LogP contribution >= 0.6 is 0 Å². The molecule has 7 heteroatoms. The van der Waals surface area contributed by atoms with Gasteiger partial charge in [0.1, 0.15) is 6.54 Å². The Morgan fingerprint density at radius 2 is 1.72 bits per heavy atom. The zero-order valence-corrected chi connectivity index (χ0v) is 17.0. The summed E-state index contributed by atoms with van der Waals surface area (Å²) in [7, 11) is 1.52. The topological polar surface area (TPSA) is 84.3 Å². The van der Waals surface area contributed by atoms with Crippen LogP contribution in [0.15, 0.2) is 47.3 Å². The van der Waals surface area contributed by atoms with E-state index < -0.39 is 5.56 Å². The molecule has 0 spiro atoms. The molecule has 7 nitrogen and oxygen atoms in total. The predicted octanol–water partition coefficient (Wildman–Crippen LogP) is 3.02. The van der Waals surface area contributed by atoms with E-state index in [1.54, 1.807) is 31.2 Å². The summed E-state index contributed by atoms with van der Waals surface area (Å²) in [5.74, 6) is -0.539. The van der Waals surface area contributed by atoms with Crippen LogP contribution < -0.4 is 15.8 Å². The average molecular weight is 392 g/mol. The number of aromatic nitrogens is 2. The van der Waals surface area contributed by atoms with Crippen LogP contribution in [0.2, 0.25) is 0 Å². The first kappa shape index (κ1) is 20.3. The number of amides is 2. The molecule has 0 radical (unpaired) electrons. The highest BCUT2D eigenvalue weighted by Crippen LogP contribution is 2.20. The van der Waals surface area contributed by atoms with E-state index in [9.17, 15) is 14.4 Å². The van der Waals surface area contributed by atoms with Crippen LogP contribution in [-0.4, -0.2) is 28.4 Å². The van der Waals surface area contributed by atoms with E-state index in [2.05, 4.69) is 10.3 Å². The zero-order valence-electron chi connectivity index (χ0n) is 17.0. The fourth-order valence-corrected chi connectivity index (χ4v) is 3.24. The van der Waals surface area contributed by atoms with Gasteiger partial charge in [0.05, 0.1) is 11.0 Å². The first-order chi connectivity index (χ1) is 13.8. The highest BCUT2D eigenvalue weighted by Gasteiger charge is 2.19. The second kappa shape index (κ2) is 8.26. The van der Waals surface area contributed by atoms with Crippen molar-refractivity contribution in [2.75, 3.05) is 17.3 Å². The molecule has 0 aliphatic heterocycles. The van der Waals surface area contributed by atoms with Gasteiger partial charge in [-0.25, -0.2) is 4.98 Å². The van der Waals surface area contributed by atoms with Crippen molar-refractivity contribution in [3.63, 3.8) is 0 Å². The van der Waals surface area contributed by atoms with Gasteiger partial charge in [-0.3, -0.25) is 23.9 Å². The summed E-state index contributed by atoms with van der Waals surface area (Å²) in [4.78, 5) is 43.6. The minimum atomic E-state index is -0.482. The van der Waals surface area contributed by atoms with Gasteiger partial charge in [-0.2, -0.15) is 0 Å². The van der Waals surface area contributed by atoms with E-state index in [0.29, 0.717) is 11.0 Å². The van der Waals surface area contributed by atoms with E-state index in [-0.39, 0.29) is 30.6 Å². The molecule has 1 N–H and O–H groups in total. The van der Waals surface area contributed by atoms with Crippen LogP contribution in [0.25, 0.3) is 11.0 Å². The van der Waals surface area contributed by atoms with Gasteiger partial charge in [0, 0.05) is 19.2 Å². The number of aryl methyl sites for hydroxylation is 2. The molecule has 29 heavy (non-hydrogen) atoms. The normalized spacial score (nSPS) is 10.8. The Balaban J connectivity index is 2.04. The van der Waals surface area contributed by atoms with Crippen molar-refractivity contribution in [3.05, 3.63) is 63.9 Å². The van der Waals surface area contributed by atoms with E-state index in [4.69, 9.17) is 0 Å². The van der Waals surface area contributed by atoms with E-state index in [0.717, 1.165) is 16.8 Å². The van der Waals surface area contributed by atoms with E-state index >= 15 is 0 Å². The Bertz CT molecular complexity index is 1130. The molecule has 0 saturated carbocycles. The number of para-hydroxylation sites is 3. The smallest absolute Gasteiger partial charge is 0.294 e. The molecule has 2 amide bonds. The standard InChI is InChI=1S/C22H24N4O3/c1-5-19(28)25(4)21-22(29)26(17-12-7-6-11-16(17)23-21)13-18(27)24-20-14(2)9-8-10-15(20)3/h6-12H,5,13H2,1-4H3,(H,24,27). The highest BCUT2D eigenvalue weighted by molar-refractivity contribution is 5.94. The summed E-state index contributed by atoms with van der Waals surface area (Å²) in [6.45, 7) is 5.37. The van der Waals surface area contributed by atoms with Gasteiger partial charge in [0.15, 0.2) is 0 Å². The van der Waals surface area contributed by atoms with Crippen molar-refractivity contribution >= 4 is 34.4 Å². The molecular weight excluding hydrogens is 368 g/mol. The highest BCUT2D eigenvalue weighted by atomic mass is 16.2. The lowest BCUT2D eigenvalue weighted by atomic mass is 10.1. The number of anilines is 2. The van der Waals surface area contributed by atoms with Crippen molar-refractivity contribution in [2.45, 2.75) is 33.7 Å². The van der Waals surface area contributed by atoms with Crippen LogP contribution in [0.3, 0.4) is 0 Å². The van der Waals surface area contributed by atoms with Gasteiger partial charge < -0.3 is 5.32 Å². The van der Waals surface area contributed by atoms with Gasteiger partial charge in [0.25, 0.3) is 5.56 Å². The Hall–Kier alpha value is -3.48. The van der Waals surface area contributed by atoms with Gasteiger partial charge in [-0.1, -0.05) is 37.3 Å². The monoisotopic (exact) mass is 392 g/mol. The van der Waals surface area contributed by atoms with E-state index in [1.807, 2.05) is 32.0 Å². The molecule has 1 aromatic heterocycles. The van der Waals surface area contributed by atoms with Crippen LogP contribution in [-0.2, 0) is 16.1 Å². The third kappa shape index (κ3) is 4.03. The van der Waals surface area contributed by atoms with Crippen molar-refractivity contribution in [1.29, 1.82) is 0 Å². The molecular formula is C22H24N4O3. The van der Waals surface area contributed by atoms with Crippen molar-refractivity contribution in [2.24, 2.45) is 0 Å². The Labute approximate surface area is 169 Å². The number of carbonyl (C=O) groups excluding carboxylic acids is 2. The molecule has 0 atom stereocenters. The second-order valence-corrected chi connectivity index (χ2v) is 6.94. The molecule has 150 valence electrons. The number of benzene rings is 2. The summed E-state index contributed by atoms with van der Waals surface area (Å²) in [5, 5.41) is 2.90. The molecule has 2 aromatic carbocycles. The van der Waals surface area contributed by atoms with Crippen molar-refractivity contribution < 1.29 is 9.59 Å². The maximum Gasteiger partial charge on any atom is 0.294 e. The van der Waals surface area contributed by atoms with Gasteiger partial charge in [-0.05, 0) is 37.1 Å². The van der Waals surface area contributed by atoms with Gasteiger partial charge in [-0.15, -0.1) is 0 Å². The fourth-order valence-electron chi connectivity index (χ4n) is 3.24. The zero-order chi connectivity index (χ0) is 21.1.